The van der Waals surface area contributed by atoms with Crippen LogP contribution in [0.1, 0.15) is 17.4 Å². The van der Waals surface area contributed by atoms with Crippen LogP contribution in [-0.4, -0.2) is 49.1 Å². The molecule has 0 aliphatic heterocycles. The zero-order valence-corrected chi connectivity index (χ0v) is 11.3. The van der Waals surface area contributed by atoms with Gasteiger partial charge in [0.2, 0.25) is 0 Å². The average molecular weight is 262 g/mol. The SMILES string of the molecule is CCN(C)/C=N/NC(=O)c1cccc(/N=C/NC)n1. The Morgan fingerprint density at radius 1 is 1.53 bits per heavy atom. The van der Waals surface area contributed by atoms with E-state index in [9.17, 15) is 4.79 Å². The van der Waals surface area contributed by atoms with E-state index in [0.717, 1.165) is 6.54 Å². The maximum Gasteiger partial charge on any atom is 0.290 e. The number of nitrogens with one attached hydrogen (secondary N) is 2. The summed E-state index contributed by atoms with van der Waals surface area (Å²) in [4.78, 5) is 21.7. The van der Waals surface area contributed by atoms with Crippen molar-refractivity contribution in [3.63, 3.8) is 0 Å². The molecule has 0 bridgehead atoms. The monoisotopic (exact) mass is 262 g/mol. The average Bonchev–Trinajstić information content (AvgIpc) is 2.45. The summed E-state index contributed by atoms with van der Waals surface area (Å²) in [5, 5.41) is 6.58. The number of rotatable bonds is 6. The smallest absolute Gasteiger partial charge is 0.290 e. The summed E-state index contributed by atoms with van der Waals surface area (Å²) in [5.41, 5.74) is 2.67. The molecule has 1 amide bonds. The Morgan fingerprint density at radius 2 is 2.32 bits per heavy atom. The predicted octanol–water partition coefficient (Wildman–Crippen LogP) is 0.586. The topological polar surface area (TPSA) is 82.0 Å². The molecular formula is C12H18N6O. The van der Waals surface area contributed by atoms with Gasteiger partial charge < -0.3 is 10.2 Å². The molecular weight excluding hydrogens is 244 g/mol. The van der Waals surface area contributed by atoms with Crippen LogP contribution in [0, 0.1) is 0 Å². The van der Waals surface area contributed by atoms with E-state index in [1.165, 1.54) is 6.34 Å². The summed E-state index contributed by atoms with van der Waals surface area (Å²) in [6, 6.07) is 5.03. The van der Waals surface area contributed by atoms with Gasteiger partial charge in [0.05, 0.1) is 6.34 Å². The van der Waals surface area contributed by atoms with Gasteiger partial charge in [0.25, 0.3) is 5.91 Å². The molecule has 0 fully saturated rings. The molecule has 0 spiro atoms. The number of aliphatic imine (C=N–C) groups is 1. The Labute approximate surface area is 112 Å². The van der Waals surface area contributed by atoms with Crippen LogP contribution in [0.5, 0.6) is 0 Å². The van der Waals surface area contributed by atoms with Crippen molar-refractivity contribution in [3.05, 3.63) is 23.9 Å². The van der Waals surface area contributed by atoms with Crippen molar-refractivity contribution in [3.8, 4) is 0 Å². The van der Waals surface area contributed by atoms with Gasteiger partial charge in [-0.15, -0.1) is 0 Å². The third-order valence-electron chi connectivity index (χ3n) is 2.21. The lowest BCUT2D eigenvalue weighted by atomic mass is 10.3. The molecule has 0 unspecified atom stereocenters. The Balaban J connectivity index is 2.66. The summed E-state index contributed by atoms with van der Waals surface area (Å²) < 4.78 is 0. The maximum absolute atomic E-state index is 11.8. The van der Waals surface area contributed by atoms with Crippen LogP contribution >= 0.6 is 0 Å². The number of nitrogens with zero attached hydrogens (tertiary/aromatic N) is 4. The number of hydrazone groups is 1. The molecule has 0 atom stereocenters. The number of amides is 1. The quantitative estimate of drug-likeness (QED) is 0.446. The summed E-state index contributed by atoms with van der Waals surface area (Å²) >= 11 is 0. The van der Waals surface area contributed by atoms with Crippen molar-refractivity contribution < 1.29 is 4.79 Å². The zero-order chi connectivity index (χ0) is 14.1. The van der Waals surface area contributed by atoms with E-state index < -0.39 is 0 Å². The summed E-state index contributed by atoms with van der Waals surface area (Å²) in [7, 11) is 3.60. The second-order valence-electron chi connectivity index (χ2n) is 3.69. The van der Waals surface area contributed by atoms with Crippen LogP contribution < -0.4 is 10.7 Å². The summed E-state index contributed by atoms with van der Waals surface area (Å²) in [6.07, 6.45) is 3.04. The number of pyridine rings is 1. The minimum atomic E-state index is -0.373. The van der Waals surface area contributed by atoms with Gasteiger partial charge in [-0.3, -0.25) is 4.79 Å². The molecule has 2 N–H and O–H groups in total. The highest BCUT2D eigenvalue weighted by atomic mass is 16.2. The molecule has 0 aliphatic rings. The molecule has 0 aromatic carbocycles. The first-order valence-corrected chi connectivity index (χ1v) is 5.88. The van der Waals surface area contributed by atoms with Crippen molar-refractivity contribution in [1.82, 2.24) is 20.6 Å². The van der Waals surface area contributed by atoms with Crippen LogP contribution in [0.2, 0.25) is 0 Å². The minimum absolute atomic E-state index is 0.266. The predicted molar refractivity (Wildman–Crippen MR) is 75.7 cm³/mol. The first kappa shape index (κ1) is 14.6. The van der Waals surface area contributed by atoms with Gasteiger partial charge in [0.1, 0.15) is 12.0 Å². The number of carbonyl (C=O) groups is 1. The standard InChI is InChI=1S/C12H18N6O/c1-4-18(3)9-15-17-12(19)10-6-5-7-11(16-10)14-8-13-2/h5-9H,4H2,1-3H3,(H,17,19)(H,13,14,16)/b15-9+. The lowest BCUT2D eigenvalue weighted by Crippen LogP contribution is -2.22. The van der Waals surface area contributed by atoms with E-state index in [2.05, 4.69) is 25.8 Å². The first-order chi connectivity index (χ1) is 9.17. The lowest BCUT2D eigenvalue weighted by molar-refractivity contribution is 0.0950. The zero-order valence-electron chi connectivity index (χ0n) is 11.3. The van der Waals surface area contributed by atoms with Crippen LogP contribution in [0.3, 0.4) is 0 Å². The molecule has 102 valence electrons. The fraction of sp³-hybridized carbons (Fsp3) is 0.333. The van der Waals surface area contributed by atoms with Crippen LogP contribution in [-0.2, 0) is 0 Å². The first-order valence-electron chi connectivity index (χ1n) is 5.88. The van der Waals surface area contributed by atoms with Gasteiger partial charge in [-0.25, -0.2) is 15.4 Å². The normalized spacial score (nSPS) is 10.9. The van der Waals surface area contributed by atoms with Gasteiger partial charge in [0.15, 0.2) is 5.82 Å². The van der Waals surface area contributed by atoms with E-state index in [4.69, 9.17) is 0 Å². The Kier molecular flexibility index (Phi) is 6.00. The number of aromatic nitrogens is 1. The number of carbonyl (C=O) groups excluding carboxylic acids is 1. The number of hydrogen-bond donors (Lipinski definition) is 2. The van der Waals surface area contributed by atoms with Crippen molar-refractivity contribution in [1.29, 1.82) is 0 Å². The van der Waals surface area contributed by atoms with Crippen molar-refractivity contribution in [2.75, 3.05) is 20.6 Å². The Hall–Kier alpha value is -2.44. The fourth-order valence-corrected chi connectivity index (χ4v) is 1.08. The molecule has 0 radical (unpaired) electrons. The van der Waals surface area contributed by atoms with Gasteiger partial charge in [0, 0.05) is 20.6 Å². The van der Waals surface area contributed by atoms with E-state index in [0.29, 0.717) is 5.82 Å². The molecule has 0 saturated carbocycles. The van der Waals surface area contributed by atoms with Gasteiger partial charge in [-0.2, -0.15) is 5.10 Å². The van der Waals surface area contributed by atoms with Gasteiger partial charge in [-0.1, -0.05) is 6.07 Å². The summed E-state index contributed by atoms with van der Waals surface area (Å²) in [6.45, 7) is 2.80. The highest BCUT2D eigenvalue weighted by Crippen LogP contribution is 2.07. The molecule has 1 rings (SSSR count). The van der Waals surface area contributed by atoms with E-state index >= 15 is 0 Å². The molecule has 1 heterocycles. The molecule has 7 nitrogen and oxygen atoms in total. The second kappa shape index (κ2) is 7.80. The Bertz CT molecular complexity index is 471. The van der Waals surface area contributed by atoms with E-state index in [1.54, 1.807) is 31.6 Å². The highest BCUT2D eigenvalue weighted by Gasteiger charge is 2.06. The molecule has 1 aromatic rings. The lowest BCUT2D eigenvalue weighted by Gasteiger charge is -2.07. The van der Waals surface area contributed by atoms with Crippen molar-refractivity contribution in [2.24, 2.45) is 10.1 Å². The minimum Gasteiger partial charge on any atom is -0.379 e. The summed E-state index contributed by atoms with van der Waals surface area (Å²) in [5.74, 6) is 0.0823. The molecule has 19 heavy (non-hydrogen) atoms. The molecule has 1 aromatic heterocycles. The fourth-order valence-electron chi connectivity index (χ4n) is 1.08. The molecule has 0 aliphatic carbocycles. The molecule has 7 heteroatoms. The van der Waals surface area contributed by atoms with Crippen LogP contribution in [0.15, 0.2) is 28.3 Å². The Morgan fingerprint density at radius 3 is 3.00 bits per heavy atom. The maximum atomic E-state index is 11.8. The van der Waals surface area contributed by atoms with E-state index in [-0.39, 0.29) is 11.6 Å². The molecule has 0 saturated heterocycles. The number of hydrogen-bond acceptors (Lipinski definition) is 4. The van der Waals surface area contributed by atoms with Crippen LogP contribution in [0.25, 0.3) is 0 Å². The van der Waals surface area contributed by atoms with Crippen molar-refractivity contribution in [2.45, 2.75) is 6.92 Å². The third-order valence-corrected chi connectivity index (χ3v) is 2.21. The van der Waals surface area contributed by atoms with Gasteiger partial charge >= 0.3 is 0 Å². The third kappa shape index (κ3) is 5.15. The van der Waals surface area contributed by atoms with Crippen molar-refractivity contribution >= 4 is 24.4 Å². The second-order valence-corrected chi connectivity index (χ2v) is 3.69. The largest absolute Gasteiger partial charge is 0.379 e. The van der Waals surface area contributed by atoms with E-state index in [1.807, 2.05) is 18.9 Å². The van der Waals surface area contributed by atoms with Gasteiger partial charge in [-0.05, 0) is 19.1 Å². The highest BCUT2D eigenvalue weighted by molar-refractivity contribution is 5.92. The van der Waals surface area contributed by atoms with Crippen LogP contribution in [0.4, 0.5) is 5.82 Å².